The number of hydrogen-bond acceptors (Lipinski definition) is 2. The fraction of sp³-hybridized carbons (Fsp3) is 0.294. The maximum absolute atomic E-state index is 6.38. The first-order valence-electron chi connectivity index (χ1n) is 7.53. The molecule has 0 N–H and O–H groups in total. The molecule has 2 heterocycles. The molecule has 0 bridgehead atoms. The number of benzene rings is 1. The minimum atomic E-state index is 0.511. The van der Waals surface area contributed by atoms with Crippen LogP contribution in [0.4, 0.5) is 0 Å². The Bertz CT molecular complexity index is 820. The van der Waals surface area contributed by atoms with E-state index in [1.165, 1.54) is 31.4 Å². The summed E-state index contributed by atoms with van der Waals surface area (Å²) in [4.78, 5) is 4.25. The standard InChI is InChI=1S/C17H15BrClN3/c18-12-5-7-13(8-6-12)22-16-14(9-10-20-17(16)19)15(21-22)11-3-1-2-4-11/h5-11H,1-4H2. The Hall–Kier alpha value is -1.39. The van der Waals surface area contributed by atoms with E-state index < -0.39 is 0 Å². The van der Waals surface area contributed by atoms with Gasteiger partial charge in [0, 0.05) is 22.0 Å². The Morgan fingerprint density at radius 2 is 1.82 bits per heavy atom. The van der Waals surface area contributed by atoms with Crippen LogP contribution in [0.1, 0.15) is 37.3 Å². The lowest BCUT2D eigenvalue weighted by Gasteiger charge is -2.05. The molecular formula is C17H15BrClN3. The molecule has 5 heteroatoms. The monoisotopic (exact) mass is 375 g/mol. The molecule has 0 aliphatic heterocycles. The second-order valence-corrected chi connectivity index (χ2v) is 7.03. The molecule has 1 aliphatic rings. The van der Waals surface area contributed by atoms with E-state index >= 15 is 0 Å². The van der Waals surface area contributed by atoms with Gasteiger partial charge in [-0.1, -0.05) is 40.4 Å². The zero-order valence-electron chi connectivity index (χ0n) is 12.0. The summed E-state index contributed by atoms with van der Waals surface area (Å²) in [7, 11) is 0. The first-order valence-corrected chi connectivity index (χ1v) is 8.70. The van der Waals surface area contributed by atoms with Crippen molar-refractivity contribution in [1.82, 2.24) is 14.8 Å². The minimum absolute atomic E-state index is 0.511. The Morgan fingerprint density at radius 1 is 1.09 bits per heavy atom. The summed E-state index contributed by atoms with van der Waals surface area (Å²) < 4.78 is 2.98. The largest absolute Gasteiger partial charge is 0.242 e. The van der Waals surface area contributed by atoms with Gasteiger partial charge in [-0.15, -0.1) is 0 Å². The fourth-order valence-electron chi connectivity index (χ4n) is 3.32. The van der Waals surface area contributed by atoms with Gasteiger partial charge in [-0.25, -0.2) is 9.67 Å². The second-order valence-electron chi connectivity index (χ2n) is 5.75. The Labute approximate surface area is 142 Å². The Balaban J connectivity index is 1.95. The second kappa shape index (κ2) is 5.67. The van der Waals surface area contributed by atoms with E-state index in [4.69, 9.17) is 16.7 Å². The van der Waals surface area contributed by atoms with Gasteiger partial charge in [0.1, 0.15) is 5.52 Å². The van der Waals surface area contributed by atoms with Crippen LogP contribution in [-0.2, 0) is 0 Å². The van der Waals surface area contributed by atoms with Crippen LogP contribution in [0.5, 0.6) is 0 Å². The van der Waals surface area contributed by atoms with Crippen molar-refractivity contribution in [3.63, 3.8) is 0 Å². The highest BCUT2D eigenvalue weighted by atomic mass is 79.9. The molecule has 1 aliphatic carbocycles. The lowest BCUT2D eigenvalue weighted by atomic mass is 10.0. The third kappa shape index (κ3) is 2.34. The molecule has 0 saturated heterocycles. The van der Waals surface area contributed by atoms with E-state index in [1.807, 2.05) is 35.0 Å². The number of rotatable bonds is 2. The van der Waals surface area contributed by atoms with Crippen LogP contribution in [0.3, 0.4) is 0 Å². The highest BCUT2D eigenvalue weighted by molar-refractivity contribution is 9.10. The molecule has 0 amide bonds. The number of fused-ring (bicyclic) bond motifs is 1. The average Bonchev–Trinajstić information content (AvgIpc) is 3.15. The molecule has 0 radical (unpaired) electrons. The van der Waals surface area contributed by atoms with Gasteiger partial charge in [-0.3, -0.25) is 0 Å². The van der Waals surface area contributed by atoms with Gasteiger partial charge in [0.25, 0.3) is 0 Å². The van der Waals surface area contributed by atoms with Crippen molar-refractivity contribution in [2.45, 2.75) is 31.6 Å². The van der Waals surface area contributed by atoms with Gasteiger partial charge < -0.3 is 0 Å². The van der Waals surface area contributed by atoms with Gasteiger partial charge in [0.05, 0.1) is 11.4 Å². The van der Waals surface area contributed by atoms with Crippen molar-refractivity contribution >= 4 is 38.4 Å². The highest BCUT2D eigenvalue weighted by Gasteiger charge is 2.24. The lowest BCUT2D eigenvalue weighted by molar-refractivity contribution is 0.684. The van der Waals surface area contributed by atoms with Gasteiger partial charge >= 0.3 is 0 Å². The maximum Gasteiger partial charge on any atom is 0.155 e. The van der Waals surface area contributed by atoms with Crippen molar-refractivity contribution in [2.75, 3.05) is 0 Å². The van der Waals surface area contributed by atoms with E-state index in [-0.39, 0.29) is 0 Å². The average molecular weight is 377 g/mol. The van der Waals surface area contributed by atoms with E-state index in [1.54, 1.807) is 6.20 Å². The van der Waals surface area contributed by atoms with Crippen LogP contribution in [0.2, 0.25) is 5.15 Å². The van der Waals surface area contributed by atoms with Crippen LogP contribution in [-0.4, -0.2) is 14.8 Å². The van der Waals surface area contributed by atoms with E-state index in [9.17, 15) is 0 Å². The van der Waals surface area contributed by atoms with Crippen molar-refractivity contribution in [3.05, 3.63) is 51.8 Å². The zero-order chi connectivity index (χ0) is 15.1. The summed E-state index contributed by atoms with van der Waals surface area (Å²) in [5.41, 5.74) is 3.08. The van der Waals surface area contributed by atoms with Crippen LogP contribution in [0, 0.1) is 0 Å². The highest BCUT2D eigenvalue weighted by Crippen LogP contribution is 2.38. The Kier molecular flexibility index (Phi) is 3.66. The van der Waals surface area contributed by atoms with E-state index in [0.29, 0.717) is 11.1 Å². The molecule has 0 spiro atoms. The van der Waals surface area contributed by atoms with Crippen LogP contribution >= 0.6 is 27.5 Å². The summed E-state index contributed by atoms with van der Waals surface area (Å²) in [6, 6.07) is 10.2. The zero-order valence-corrected chi connectivity index (χ0v) is 14.3. The molecule has 112 valence electrons. The number of halogens is 2. The molecule has 3 aromatic rings. The van der Waals surface area contributed by atoms with Crippen LogP contribution in [0.25, 0.3) is 16.6 Å². The molecule has 4 rings (SSSR count). The predicted molar refractivity (Wildman–Crippen MR) is 92.8 cm³/mol. The molecular weight excluding hydrogens is 362 g/mol. The third-order valence-electron chi connectivity index (χ3n) is 4.39. The molecule has 3 nitrogen and oxygen atoms in total. The van der Waals surface area contributed by atoms with Gasteiger partial charge in [0.2, 0.25) is 0 Å². The van der Waals surface area contributed by atoms with Crippen molar-refractivity contribution in [3.8, 4) is 5.69 Å². The topological polar surface area (TPSA) is 30.7 Å². The quantitative estimate of drug-likeness (QED) is 0.553. The third-order valence-corrected chi connectivity index (χ3v) is 5.19. The van der Waals surface area contributed by atoms with Crippen LogP contribution < -0.4 is 0 Å². The minimum Gasteiger partial charge on any atom is -0.242 e. The molecule has 22 heavy (non-hydrogen) atoms. The number of pyridine rings is 1. The van der Waals surface area contributed by atoms with Crippen molar-refractivity contribution in [1.29, 1.82) is 0 Å². The molecule has 0 atom stereocenters. The first kappa shape index (κ1) is 14.2. The van der Waals surface area contributed by atoms with Gasteiger partial charge in [0.15, 0.2) is 5.15 Å². The van der Waals surface area contributed by atoms with Crippen molar-refractivity contribution in [2.24, 2.45) is 0 Å². The lowest BCUT2D eigenvalue weighted by Crippen LogP contribution is -1.99. The predicted octanol–water partition coefficient (Wildman–Crippen LogP) is 5.49. The van der Waals surface area contributed by atoms with Gasteiger partial charge in [-0.2, -0.15) is 5.10 Å². The normalized spacial score (nSPS) is 15.7. The SMILES string of the molecule is Clc1nccc2c(C3CCCC3)nn(-c3ccc(Br)cc3)c12. The van der Waals surface area contributed by atoms with E-state index in [2.05, 4.69) is 20.9 Å². The van der Waals surface area contributed by atoms with E-state index in [0.717, 1.165) is 21.1 Å². The summed E-state index contributed by atoms with van der Waals surface area (Å²) in [5, 5.41) is 6.55. The smallest absolute Gasteiger partial charge is 0.155 e. The summed E-state index contributed by atoms with van der Waals surface area (Å²) in [5.74, 6) is 0.540. The number of aromatic nitrogens is 3. The maximum atomic E-state index is 6.38. The molecule has 0 unspecified atom stereocenters. The summed E-state index contributed by atoms with van der Waals surface area (Å²) >= 11 is 9.86. The van der Waals surface area contributed by atoms with Crippen molar-refractivity contribution < 1.29 is 0 Å². The number of hydrogen-bond donors (Lipinski definition) is 0. The first-order chi connectivity index (χ1) is 10.7. The summed E-state index contributed by atoms with van der Waals surface area (Å²) in [6.45, 7) is 0. The fourth-order valence-corrected chi connectivity index (χ4v) is 3.82. The molecule has 1 fully saturated rings. The molecule has 2 aromatic heterocycles. The van der Waals surface area contributed by atoms with Crippen LogP contribution in [0.15, 0.2) is 41.0 Å². The summed E-state index contributed by atoms with van der Waals surface area (Å²) in [6.07, 6.45) is 6.78. The number of nitrogens with zero attached hydrogens (tertiary/aromatic N) is 3. The Morgan fingerprint density at radius 3 is 2.55 bits per heavy atom. The molecule has 1 saturated carbocycles. The van der Waals surface area contributed by atoms with Gasteiger partial charge in [-0.05, 0) is 43.2 Å². The molecule has 1 aromatic carbocycles.